The van der Waals surface area contributed by atoms with Crippen molar-refractivity contribution in [3.63, 3.8) is 0 Å². The van der Waals surface area contributed by atoms with E-state index in [0.29, 0.717) is 50.8 Å². The van der Waals surface area contributed by atoms with Gasteiger partial charge in [-0.05, 0) is 24.3 Å². The van der Waals surface area contributed by atoms with E-state index in [1.807, 2.05) is 0 Å². The van der Waals surface area contributed by atoms with Gasteiger partial charge in [0.1, 0.15) is 12.4 Å². The van der Waals surface area contributed by atoms with E-state index in [9.17, 15) is 4.79 Å². The average molecular weight is 297 g/mol. The molecule has 1 N–H and O–H groups in total. The van der Waals surface area contributed by atoms with E-state index >= 15 is 0 Å². The van der Waals surface area contributed by atoms with E-state index in [4.69, 9.17) is 18.9 Å². The van der Waals surface area contributed by atoms with Gasteiger partial charge in [0.2, 0.25) is 0 Å². The van der Waals surface area contributed by atoms with Crippen molar-refractivity contribution >= 4 is 5.97 Å². The van der Waals surface area contributed by atoms with Gasteiger partial charge in [-0.2, -0.15) is 0 Å². The maximum atomic E-state index is 11.7. The SMILES string of the molecule is COCCOCCNCCOC(=O)c1ccc(OC)cc1. The van der Waals surface area contributed by atoms with Gasteiger partial charge in [-0.3, -0.25) is 0 Å². The van der Waals surface area contributed by atoms with E-state index in [0.717, 1.165) is 0 Å². The number of carbonyl (C=O) groups is 1. The Morgan fingerprint density at radius 1 is 1.00 bits per heavy atom. The minimum Gasteiger partial charge on any atom is -0.497 e. The molecule has 0 bridgehead atoms. The maximum absolute atomic E-state index is 11.7. The first-order valence-corrected chi connectivity index (χ1v) is 6.86. The van der Waals surface area contributed by atoms with Crippen LogP contribution in [0.1, 0.15) is 10.4 Å². The summed E-state index contributed by atoms with van der Waals surface area (Å²) in [6.07, 6.45) is 0. The molecular weight excluding hydrogens is 274 g/mol. The molecule has 1 rings (SSSR count). The topological polar surface area (TPSA) is 66.0 Å². The van der Waals surface area contributed by atoms with Crippen molar-refractivity contribution < 1.29 is 23.7 Å². The molecule has 0 aromatic heterocycles. The lowest BCUT2D eigenvalue weighted by Crippen LogP contribution is -2.25. The first kappa shape index (κ1) is 17.4. The maximum Gasteiger partial charge on any atom is 0.338 e. The molecule has 0 aliphatic carbocycles. The van der Waals surface area contributed by atoms with Crippen molar-refractivity contribution in [3.05, 3.63) is 29.8 Å². The molecule has 0 amide bonds. The van der Waals surface area contributed by atoms with Gasteiger partial charge in [-0.25, -0.2) is 4.79 Å². The normalized spacial score (nSPS) is 10.4. The number of methoxy groups -OCH3 is 2. The van der Waals surface area contributed by atoms with Crippen molar-refractivity contribution in [2.75, 3.05) is 53.7 Å². The highest BCUT2D eigenvalue weighted by Crippen LogP contribution is 2.11. The third kappa shape index (κ3) is 7.65. The molecule has 0 heterocycles. The molecule has 1 aromatic rings. The number of hydrogen-bond donors (Lipinski definition) is 1. The van der Waals surface area contributed by atoms with E-state index < -0.39 is 0 Å². The summed E-state index contributed by atoms with van der Waals surface area (Å²) in [5, 5.41) is 3.12. The van der Waals surface area contributed by atoms with Crippen molar-refractivity contribution in [2.24, 2.45) is 0 Å². The van der Waals surface area contributed by atoms with Crippen LogP contribution in [0, 0.1) is 0 Å². The second kappa shape index (κ2) is 11.1. The highest BCUT2D eigenvalue weighted by atomic mass is 16.5. The molecule has 6 heteroatoms. The van der Waals surface area contributed by atoms with Crippen LogP contribution in [-0.2, 0) is 14.2 Å². The predicted molar refractivity (Wildman–Crippen MR) is 78.8 cm³/mol. The van der Waals surface area contributed by atoms with Crippen molar-refractivity contribution in [2.45, 2.75) is 0 Å². The molecule has 0 saturated carbocycles. The summed E-state index contributed by atoms with van der Waals surface area (Å²) in [6, 6.07) is 6.81. The van der Waals surface area contributed by atoms with Crippen LogP contribution >= 0.6 is 0 Å². The fraction of sp³-hybridized carbons (Fsp3) is 0.533. The lowest BCUT2D eigenvalue weighted by Gasteiger charge is -2.07. The average Bonchev–Trinajstić information content (AvgIpc) is 2.53. The highest BCUT2D eigenvalue weighted by molar-refractivity contribution is 5.89. The Labute approximate surface area is 125 Å². The van der Waals surface area contributed by atoms with Crippen LogP contribution in [0.5, 0.6) is 5.75 Å². The summed E-state index contributed by atoms with van der Waals surface area (Å²) in [5.74, 6) is 0.373. The lowest BCUT2D eigenvalue weighted by atomic mass is 10.2. The smallest absolute Gasteiger partial charge is 0.338 e. The molecular formula is C15H23NO5. The molecule has 0 saturated heterocycles. The Kier molecular flexibility index (Phi) is 9.19. The van der Waals surface area contributed by atoms with Crippen LogP contribution < -0.4 is 10.1 Å². The van der Waals surface area contributed by atoms with Gasteiger partial charge in [-0.15, -0.1) is 0 Å². The summed E-state index contributed by atoms with van der Waals surface area (Å²) in [5.41, 5.74) is 0.513. The standard InChI is InChI=1S/C15H23NO5/c1-18-11-12-20-9-7-16-8-10-21-15(17)13-3-5-14(19-2)6-4-13/h3-6,16H,7-12H2,1-2H3. The molecule has 0 spiro atoms. The number of nitrogens with one attached hydrogen (secondary N) is 1. The van der Waals surface area contributed by atoms with Crippen LogP contribution in [0.2, 0.25) is 0 Å². The van der Waals surface area contributed by atoms with Gasteiger partial charge in [0.05, 0.1) is 32.5 Å². The second-order valence-corrected chi connectivity index (χ2v) is 4.22. The summed E-state index contributed by atoms with van der Waals surface area (Å²) >= 11 is 0. The van der Waals surface area contributed by atoms with Gasteiger partial charge in [0, 0.05) is 20.2 Å². The van der Waals surface area contributed by atoms with Crippen molar-refractivity contribution in [1.82, 2.24) is 5.32 Å². The van der Waals surface area contributed by atoms with Gasteiger partial charge in [0.15, 0.2) is 0 Å². The second-order valence-electron chi connectivity index (χ2n) is 4.22. The van der Waals surface area contributed by atoms with Gasteiger partial charge in [-0.1, -0.05) is 0 Å². The number of ether oxygens (including phenoxy) is 4. The zero-order valence-corrected chi connectivity index (χ0v) is 12.6. The summed E-state index contributed by atoms with van der Waals surface area (Å²) in [6.45, 7) is 3.42. The summed E-state index contributed by atoms with van der Waals surface area (Å²) in [4.78, 5) is 11.7. The molecule has 6 nitrogen and oxygen atoms in total. The van der Waals surface area contributed by atoms with Crippen LogP contribution in [-0.4, -0.2) is 59.7 Å². The molecule has 0 fully saturated rings. The van der Waals surface area contributed by atoms with Crippen LogP contribution in [0.4, 0.5) is 0 Å². The minimum absolute atomic E-state index is 0.322. The van der Waals surface area contributed by atoms with Crippen molar-refractivity contribution in [3.8, 4) is 5.75 Å². The monoisotopic (exact) mass is 297 g/mol. The minimum atomic E-state index is -0.337. The van der Waals surface area contributed by atoms with Crippen molar-refractivity contribution in [1.29, 1.82) is 0 Å². The van der Waals surface area contributed by atoms with Crippen LogP contribution in [0.3, 0.4) is 0 Å². The third-order valence-corrected chi connectivity index (χ3v) is 2.69. The van der Waals surface area contributed by atoms with E-state index in [-0.39, 0.29) is 5.97 Å². The van der Waals surface area contributed by atoms with E-state index in [1.165, 1.54) is 0 Å². The first-order valence-electron chi connectivity index (χ1n) is 6.86. The fourth-order valence-corrected chi connectivity index (χ4v) is 1.54. The summed E-state index contributed by atoms with van der Waals surface area (Å²) in [7, 11) is 3.22. The Balaban J connectivity index is 2.05. The number of carbonyl (C=O) groups excluding carboxylic acids is 1. The number of rotatable bonds is 11. The summed E-state index contributed by atoms with van der Waals surface area (Å²) < 4.78 is 20.3. The molecule has 0 aliphatic rings. The lowest BCUT2D eigenvalue weighted by molar-refractivity contribution is 0.0500. The van der Waals surface area contributed by atoms with Crippen LogP contribution in [0.25, 0.3) is 0 Å². The van der Waals surface area contributed by atoms with Gasteiger partial charge < -0.3 is 24.3 Å². The zero-order chi connectivity index (χ0) is 15.3. The van der Waals surface area contributed by atoms with E-state index in [1.54, 1.807) is 38.5 Å². The van der Waals surface area contributed by atoms with Crippen LogP contribution in [0.15, 0.2) is 24.3 Å². The van der Waals surface area contributed by atoms with E-state index in [2.05, 4.69) is 5.32 Å². The third-order valence-electron chi connectivity index (χ3n) is 2.69. The zero-order valence-electron chi connectivity index (χ0n) is 12.6. The molecule has 0 atom stereocenters. The first-order chi connectivity index (χ1) is 10.3. The fourth-order valence-electron chi connectivity index (χ4n) is 1.54. The number of hydrogen-bond acceptors (Lipinski definition) is 6. The Morgan fingerprint density at radius 3 is 2.38 bits per heavy atom. The van der Waals surface area contributed by atoms with Gasteiger partial charge >= 0.3 is 5.97 Å². The quantitative estimate of drug-likeness (QED) is 0.487. The Bertz CT molecular complexity index is 394. The highest BCUT2D eigenvalue weighted by Gasteiger charge is 2.06. The molecule has 0 unspecified atom stereocenters. The molecule has 118 valence electrons. The largest absolute Gasteiger partial charge is 0.497 e. The molecule has 0 aliphatic heterocycles. The number of esters is 1. The van der Waals surface area contributed by atoms with Gasteiger partial charge in [0.25, 0.3) is 0 Å². The molecule has 0 radical (unpaired) electrons. The predicted octanol–water partition coefficient (Wildman–Crippen LogP) is 1.10. The number of benzene rings is 1. The Morgan fingerprint density at radius 2 is 1.71 bits per heavy atom. The molecule has 21 heavy (non-hydrogen) atoms. The molecule has 1 aromatic carbocycles. The Hall–Kier alpha value is -1.63.